The van der Waals surface area contributed by atoms with Gasteiger partial charge in [0.25, 0.3) is 0 Å². The molecule has 34 heavy (non-hydrogen) atoms. The van der Waals surface area contributed by atoms with Crippen LogP contribution in [0.5, 0.6) is 0 Å². The van der Waals surface area contributed by atoms with Crippen molar-refractivity contribution in [1.29, 1.82) is 0 Å². The number of fused-ring (bicyclic) bond motifs is 2. The number of H-pyrrole nitrogens is 2. The van der Waals surface area contributed by atoms with E-state index in [-0.39, 0.29) is 22.3 Å². The zero-order chi connectivity index (χ0) is 23.7. The molecule has 2 fully saturated rings. The van der Waals surface area contributed by atoms with Crippen LogP contribution in [0.1, 0.15) is 40.0 Å². The number of hydrogen-bond donors (Lipinski definition) is 2. The van der Waals surface area contributed by atoms with E-state index in [0.717, 1.165) is 30.7 Å². The number of nitrogens with one attached hydrogen (secondary N) is 2. The fourth-order valence-corrected chi connectivity index (χ4v) is 5.01. The number of ether oxygens (including phenoxy) is 1. The highest BCUT2D eigenvalue weighted by Gasteiger charge is 2.56. The van der Waals surface area contributed by atoms with Crippen LogP contribution in [0.3, 0.4) is 0 Å². The monoisotopic (exact) mass is 470 g/mol. The number of hydrogen-bond acceptors (Lipinski definition) is 4. The first-order valence-corrected chi connectivity index (χ1v) is 10.8. The van der Waals surface area contributed by atoms with Gasteiger partial charge in [0.1, 0.15) is 5.52 Å². The summed E-state index contributed by atoms with van der Waals surface area (Å²) >= 11 is 0. The topological polar surface area (TPSA) is 83.7 Å². The van der Waals surface area contributed by atoms with Crippen molar-refractivity contribution < 1.29 is 27.1 Å². The van der Waals surface area contributed by atoms with Gasteiger partial charge in [0.2, 0.25) is 0 Å². The normalized spacial score (nSPS) is 22.1. The van der Waals surface area contributed by atoms with Crippen molar-refractivity contribution in [3.63, 3.8) is 0 Å². The van der Waals surface area contributed by atoms with Crippen LogP contribution in [0.25, 0.3) is 22.6 Å². The molecule has 2 atom stereocenters. The Balaban J connectivity index is 1.34. The fraction of sp³-hybridized carbons (Fsp3) is 0.292. The summed E-state index contributed by atoms with van der Waals surface area (Å²) in [6.07, 6.45) is -0.655. The number of carbonyl (C=O) groups is 1. The number of nitrogens with zero attached hydrogens (tertiary/aromatic N) is 2. The molecule has 1 aliphatic heterocycles. The Morgan fingerprint density at radius 3 is 2.88 bits per heavy atom. The van der Waals surface area contributed by atoms with E-state index < -0.39 is 29.0 Å². The molecule has 4 heterocycles. The molecule has 0 amide bonds. The van der Waals surface area contributed by atoms with Crippen LogP contribution in [0, 0.1) is 11.7 Å². The van der Waals surface area contributed by atoms with Crippen molar-refractivity contribution in [2.24, 2.45) is 5.92 Å². The Kier molecular flexibility index (Phi) is 4.47. The number of imidazole rings is 1. The van der Waals surface area contributed by atoms with Gasteiger partial charge in [-0.15, -0.1) is 0 Å². The van der Waals surface area contributed by atoms with Gasteiger partial charge >= 0.3 is 6.18 Å². The number of alkyl halides is 3. The molecule has 1 saturated carbocycles. The Hall–Kier alpha value is -3.53. The maximum Gasteiger partial charge on any atom is 0.434 e. The molecule has 0 unspecified atom stereocenters. The molecule has 4 aromatic rings. The van der Waals surface area contributed by atoms with Crippen LogP contribution in [0.15, 0.2) is 42.7 Å². The van der Waals surface area contributed by atoms with E-state index >= 15 is 0 Å². The molecule has 2 aliphatic rings. The minimum atomic E-state index is -4.76. The van der Waals surface area contributed by atoms with Gasteiger partial charge in [0.15, 0.2) is 23.1 Å². The minimum Gasteiger partial charge on any atom is -0.381 e. The van der Waals surface area contributed by atoms with Gasteiger partial charge in [0.05, 0.1) is 23.4 Å². The third-order valence-electron chi connectivity index (χ3n) is 6.88. The number of pyridine rings is 1. The third-order valence-corrected chi connectivity index (χ3v) is 6.88. The average molecular weight is 470 g/mol. The second kappa shape index (κ2) is 7.23. The molecular weight excluding hydrogens is 452 g/mol. The summed E-state index contributed by atoms with van der Waals surface area (Å²) in [5.74, 6) is -0.601. The zero-order valence-corrected chi connectivity index (χ0v) is 17.7. The smallest absolute Gasteiger partial charge is 0.381 e. The highest BCUT2D eigenvalue weighted by Crippen LogP contribution is 2.59. The summed E-state index contributed by atoms with van der Waals surface area (Å²) in [5.41, 5.74) is 0.120. The predicted octanol–water partition coefficient (Wildman–Crippen LogP) is 5.02. The zero-order valence-electron chi connectivity index (χ0n) is 17.7. The maximum absolute atomic E-state index is 14.9. The molecule has 6 rings (SSSR count). The van der Waals surface area contributed by atoms with Crippen molar-refractivity contribution in [3.05, 3.63) is 70.9 Å². The number of rotatable bonds is 4. The third kappa shape index (κ3) is 3.24. The van der Waals surface area contributed by atoms with Crippen LogP contribution in [-0.2, 0) is 16.3 Å². The van der Waals surface area contributed by atoms with E-state index in [2.05, 4.69) is 19.9 Å². The Morgan fingerprint density at radius 2 is 2.09 bits per heavy atom. The van der Waals surface area contributed by atoms with Gasteiger partial charge in [-0.1, -0.05) is 0 Å². The number of aromatic amines is 2. The maximum atomic E-state index is 14.9. The molecule has 0 radical (unpaired) electrons. The summed E-state index contributed by atoms with van der Waals surface area (Å²) < 4.78 is 60.3. The molecule has 10 heteroatoms. The quantitative estimate of drug-likeness (QED) is 0.324. The molecule has 1 saturated heterocycles. The Morgan fingerprint density at radius 1 is 1.24 bits per heavy atom. The molecule has 0 bridgehead atoms. The van der Waals surface area contributed by atoms with E-state index in [0.29, 0.717) is 30.3 Å². The van der Waals surface area contributed by atoms with Gasteiger partial charge in [-0.25, -0.2) is 9.37 Å². The van der Waals surface area contributed by atoms with Gasteiger partial charge in [-0.3, -0.25) is 9.78 Å². The predicted molar refractivity (Wildman–Crippen MR) is 114 cm³/mol. The minimum absolute atomic E-state index is 0.0111. The van der Waals surface area contributed by atoms with E-state index in [1.165, 1.54) is 24.4 Å². The lowest BCUT2D eigenvalue weighted by atomic mass is 9.89. The highest BCUT2D eigenvalue weighted by atomic mass is 19.4. The van der Waals surface area contributed by atoms with Crippen molar-refractivity contribution in [2.75, 3.05) is 13.2 Å². The molecule has 1 aromatic carbocycles. The highest BCUT2D eigenvalue weighted by molar-refractivity contribution is 6.10. The van der Waals surface area contributed by atoms with Gasteiger partial charge in [0, 0.05) is 30.0 Å². The van der Waals surface area contributed by atoms with Crippen LogP contribution in [0.2, 0.25) is 0 Å². The van der Waals surface area contributed by atoms with Crippen molar-refractivity contribution in [3.8, 4) is 11.5 Å². The SMILES string of the molecule is O=C(c1c[nH]c(-c2nc3c(F)cc([C@]45CCOC[C@H]4C5)cc3[nH]2)c1)c1cccnc1C(F)(F)F. The van der Waals surface area contributed by atoms with Gasteiger partial charge in [-0.05, 0) is 54.7 Å². The molecule has 1 aliphatic carbocycles. The van der Waals surface area contributed by atoms with E-state index in [9.17, 15) is 22.4 Å². The van der Waals surface area contributed by atoms with E-state index in [1.807, 2.05) is 6.07 Å². The summed E-state index contributed by atoms with van der Waals surface area (Å²) in [7, 11) is 0. The van der Waals surface area contributed by atoms with Crippen molar-refractivity contribution in [2.45, 2.75) is 24.4 Å². The molecule has 6 nitrogen and oxygen atoms in total. The first-order chi connectivity index (χ1) is 16.3. The average Bonchev–Trinajstić information content (AvgIpc) is 3.14. The number of halogens is 4. The Bertz CT molecular complexity index is 1440. The number of carbonyl (C=O) groups excluding carboxylic acids is 1. The molecule has 0 spiro atoms. The number of benzene rings is 1. The largest absolute Gasteiger partial charge is 0.434 e. The number of aromatic nitrogens is 4. The lowest BCUT2D eigenvalue weighted by Crippen LogP contribution is -2.21. The van der Waals surface area contributed by atoms with Crippen LogP contribution in [-0.4, -0.2) is 38.9 Å². The second-order valence-corrected chi connectivity index (χ2v) is 8.85. The fourth-order valence-electron chi connectivity index (χ4n) is 5.01. The van der Waals surface area contributed by atoms with E-state index in [4.69, 9.17) is 4.74 Å². The summed E-state index contributed by atoms with van der Waals surface area (Å²) in [6.45, 7) is 1.33. The lowest BCUT2D eigenvalue weighted by molar-refractivity contribution is -0.141. The number of ketones is 1. The first kappa shape index (κ1) is 21.0. The molecule has 2 N–H and O–H groups in total. The van der Waals surface area contributed by atoms with Crippen LogP contribution in [0.4, 0.5) is 17.6 Å². The van der Waals surface area contributed by atoms with Crippen molar-refractivity contribution >= 4 is 16.8 Å². The van der Waals surface area contributed by atoms with Crippen LogP contribution < -0.4 is 0 Å². The van der Waals surface area contributed by atoms with Crippen LogP contribution >= 0.6 is 0 Å². The van der Waals surface area contributed by atoms with Gasteiger partial charge < -0.3 is 14.7 Å². The first-order valence-electron chi connectivity index (χ1n) is 10.8. The van der Waals surface area contributed by atoms with Gasteiger partial charge in [-0.2, -0.15) is 13.2 Å². The summed E-state index contributed by atoms with van der Waals surface area (Å²) in [6, 6.07) is 7.19. The molecule has 174 valence electrons. The lowest BCUT2D eigenvalue weighted by Gasteiger charge is -2.22. The molecular formula is C24H18F4N4O2. The van der Waals surface area contributed by atoms with Crippen molar-refractivity contribution in [1.82, 2.24) is 19.9 Å². The second-order valence-electron chi connectivity index (χ2n) is 8.85. The summed E-state index contributed by atoms with van der Waals surface area (Å²) in [4.78, 5) is 26.4. The Labute approximate surface area is 190 Å². The summed E-state index contributed by atoms with van der Waals surface area (Å²) in [5, 5.41) is 0. The van der Waals surface area contributed by atoms with E-state index in [1.54, 1.807) is 0 Å². The molecule has 3 aromatic heterocycles. The standard InChI is InChI=1S/C24H18F4N4O2/c25-16-7-13(23-3-5-34-11-14(23)9-23)8-17-19(16)32-22(31-17)18-6-12(10-30-18)20(33)15-2-1-4-29-21(15)24(26,27)28/h1-2,4,6-8,10,14,30H,3,5,9,11H2,(H,31,32)/t14-,23-/m1/s1.